The van der Waals surface area contributed by atoms with Crippen molar-refractivity contribution in [1.82, 2.24) is 4.98 Å². The average Bonchev–Trinajstić information content (AvgIpc) is 2.07. The largest absolute Gasteiger partial charge is 0.280 e. The first-order chi connectivity index (χ1) is 6.43. The van der Waals surface area contributed by atoms with E-state index in [0.29, 0.717) is 3.70 Å². The Bertz CT molecular complexity index is 384. The molecule has 1 aromatic heterocycles. The van der Waals surface area contributed by atoms with Gasteiger partial charge in [-0.05, 0) is 52.7 Å². The maximum Gasteiger partial charge on any atom is 0.280 e. The Morgan fingerprint density at radius 2 is 2.21 bits per heavy atom. The summed E-state index contributed by atoms with van der Waals surface area (Å²) in [5.74, 6) is 0. The molecule has 76 valence electrons. The number of halogens is 4. The Balaban J connectivity index is 3.40. The monoisotopic (exact) mass is 331 g/mol. The zero-order valence-corrected chi connectivity index (χ0v) is 9.94. The molecule has 1 heterocycles. The van der Waals surface area contributed by atoms with Crippen LogP contribution < -0.4 is 0 Å². The quantitative estimate of drug-likeness (QED) is 0.473. The van der Waals surface area contributed by atoms with Gasteiger partial charge in [0.15, 0.2) is 0 Å². The second-order valence-electron chi connectivity index (χ2n) is 2.58. The van der Waals surface area contributed by atoms with Crippen LogP contribution in [0.3, 0.4) is 0 Å². The van der Waals surface area contributed by atoms with Crippen molar-refractivity contribution in [3.8, 4) is 0 Å². The summed E-state index contributed by atoms with van der Waals surface area (Å²) in [6, 6.07) is 1.39. The highest BCUT2D eigenvalue weighted by Gasteiger charge is 2.18. The van der Waals surface area contributed by atoms with Crippen molar-refractivity contribution in [1.29, 1.82) is 0 Å². The number of pyridine rings is 1. The first-order valence-corrected chi connectivity index (χ1v) is 5.04. The number of alkyl halides is 2. The summed E-state index contributed by atoms with van der Waals surface area (Å²) in [6.07, 6.45) is -2.69. The second-order valence-corrected chi connectivity index (χ2v) is 4.03. The minimum atomic E-state index is -2.69. The van der Waals surface area contributed by atoms with Crippen LogP contribution in [-0.2, 0) is 0 Å². The summed E-state index contributed by atoms with van der Waals surface area (Å²) in [7, 11) is 0. The van der Waals surface area contributed by atoms with Gasteiger partial charge in [0.1, 0.15) is 9.39 Å². The fourth-order valence-electron chi connectivity index (χ4n) is 1.01. The van der Waals surface area contributed by atoms with Crippen LogP contribution in [0.1, 0.15) is 28.0 Å². The molecule has 6 heteroatoms. The van der Waals surface area contributed by atoms with Gasteiger partial charge in [0.2, 0.25) is 0 Å². The van der Waals surface area contributed by atoms with Gasteiger partial charge < -0.3 is 0 Å². The Kier molecular flexibility index (Phi) is 3.77. The SMILES string of the molecule is Cc1c(C(=O)Cl)cc(I)nc1C(F)F. The van der Waals surface area contributed by atoms with E-state index in [1.54, 1.807) is 22.6 Å². The molecule has 14 heavy (non-hydrogen) atoms. The number of rotatable bonds is 2. The lowest BCUT2D eigenvalue weighted by Gasteiger charge is -2.07. The molecule has 0 atom stereocenters. The molecule has 0 bridgehead atoms. The number of hydrogen-bond donors (Lipinski definition) is 0. The first-order valence-electron chi connectivity index (χ1n) is 3.58. The van der Waals surface area contributed by atoms with Crippen LogP contribution in [0.4, 0.5) is 8.78 Å². The number of carbonyl (C=O) groups excluding carboxylic acids is 1. The lowest BCUT2D eigenvalue weighted by atomic mass is 10.1. The zero-order valence-electron chi connectivity index (χ0n) is 7.02. The van der Waals surface area contributed by atoms with Gasteiger partial charge >= 0.3 is 0 Å². The fraction of sp³-hybridized carbons (Fsp3) is 0.250. The van der Waals surface area contributed by atoms with Crippen molar-refractivity contribution < 1.29 is 13.6 Å². The fourth-order valence-corrected chi connectivity index (χ4v) is 1.78. The molecule has 1 aromatic rings. The number of nitrogens with zero attached hydrogens (tertiary/aromatic N) is 1. The Morgan fingerprint density at radius 1 is 1.64 bits per heavy atom. The Morgan fingerprint density at radius 3 is 2.64 bits per heavy atom. The Hall–Kier alpha value is -0.300. The van der Waals surface area contributed by atoms with Gasteiger partial charge in [-0.25, -0.2) is 13.8 Å². The number of carbonyl (C=O) groups is 1. The summed E-state index contributed by atoms with van der Waals surface area (Å²) >= 11 is 7.00. The van der Waals surface area contributed by atoms with E-state index in [4.69, 9.17) is 11.6 Å². The molecular weight excluding hydrogens is 326 g/mol. The molecule has 0 aliphatic heterocycles. The molecule has 1 rings (SSSR count). The van der Waals surface area contributed by atoms with Crippen molar-refractivity contribution in [2.45, 2.75) is 13.3 Å². The summed E-state index contributed by atoms with van der Waals surface area (Å²) in [6.45, 7) is 1.40. The van der Waals surface area contributed by atoms with Crippen LogP contribution in [0.15, 0.2) is 6.07 Å². The highest BCUT2D eigenvalue weighted by molar-refractivity contribution is 14.1. The van der Waals surface area contributed by atoms with E-state index in [0.717, 1.165) is 0 Å². The highest BCUT2D eigenvalue weighted by atomic mass is 127. The summed E-state index contributed by atoms with van der Waals surface area (Å²) in [4.78, 5) is 14.5. The van der Waals surface area contributed by atoms with Gasteiger partial charge in [-0.3, -0.25) is 4.79 Å². The third-order valence-electron chi connectivity index (χ3n) is 1.70. The molecule has 0 aromatic carbocycles. The van der Waals surface area contributed by atoms with Crippen molar-refractivity contribution >= 4 is 39.4 Å². The van der Waals surface area contributed by atoms with Crippen molar-refractivity contribution in [3.05, 3.63) is 26.6 Å². The minimum Gasteiger partial charge on any atom is -0.276 e. The van der Waals surface area contributed by atoms with E-state index >= 15 is 0 Å². The van der Waals surface area contributed by atoms with E-state index in [2.05, 4.69) is 4.98 Å². The van der Waals surface area contributed by atoms with E-state index in [1.807, 2.05) is 0 Å². The number of hydrogen-bond acceptors (Lipinski definition) is 2. The van der Waals surface area contributed by atoms with Crippen molar-refractivity contribution in [3.63, 3.8) is 0 Å². The van der Waals surface area contributed by atoms with E-state index in [-0.39, 0.29) is 16.8 Å². The Labute approximate surface area is 97.8 Å². The molecule has 0 aliphatic carbocycles. The molecule has 0 fully saturated rings. The molecule has 0 spiro atoms. The molecule has 0 amide bonds. The van der Waals surface area contributed by atoms with E-state index in [9.17, 15) is 13.6 Å². The molecule has 0 aliphatic rings. The third-order valence-corrected chi connectivity index (χ3v) is 2.45. The standard InChI is InChI=1S/C8H5ClF2INO/c1-3-4(7(9)14)2-5(12)13-6(3)8(10)11/h2,8H,1H3. The maximum absolute atomic E-state index is 12.4. The van der Waals surface area contributed by atoms with Crippen LogP contribution in [0, 0.1) is 10.6 Å². The van der Waals surface area contributed by atoms with Crippen LogP contribution in [0.2, 0.25) is 0 Å². The molecule has 0 radical (unpaired) electrons. The van der Waals surface area contributed by atoms with Crippen LogP contribution >= 0.6 is 34.2 Å². The normalized spacial score (nSPS) is 10.7. The molecule has 2 nitrogen and oxygen atoms in total. The van der Waals surface area contributed by atoms with Crippen LogP contribution in [0.5, 0.6) is 0 Å². The summed E-state index contributed by atoms with van der Waals surface area (Å²) < 4.78 is 25.2. The van der Waals surface area contributed by atoms with Crippen molar-refractivity contribution in [2.75, 3.05) is 0 Å². The molecular formula is C8H5ClF2INO. The van der Waals surface area contributed by atoms with E-state index < -0.39 is 11.7 Å². The predicted octanol–water partition coefficient (Wildman–Crippen LogP) is 3.31. The van der Waals surface area contributed by atoms with Gasteiger partial charge in [-0.15, -0.1) is 0 Å². The summed E-state index contributed by atoms with van der Waals surface area (Å²) in [5, 5.41) is -0.746. The zero-order chi connectivity index (χ0) is 10.9. The van der Waals surface area contributed by atoms with E-state index in [1.165, 1.54) is 13.0 Å². The average molecular weight is 331 g/mol. The van der Waals surface area contributed by atoms with Crippen LogP contribution in [0.25, 0.3) is 0 Å². The number of aromatic nitrogens is 1. The van der Waals surface area contributed by atoms with Gasteiger partial charge in [0, 0.05) is 5.56 Å². The summed E-state index contributed by atoms with van der Waals surface area (Å²) in [5.41, 5.74) is -0.164. The maximum atomic E-state index is 12.4. The van der Waals surface area contributed by atoms with Crippen LogP contribution in [-0.4, -0.2) is 10.2 Å². The molecule has 0 saturated carbocycles. The van der Waals surface area contributed by atoms with Gasteiger partial charge in [0.05, 0.1) is 0 Å². The highest BCUT2D eigenvalue weighted by Crippen LogP contribution is 2.25. The first kappa shape index (κ1) is 11.8. The van der Waals surface area contributed by atoms with Gasteiger partial charge in [-0.2, -0.15) is 0 Å². The minimum absolute atomic E-state index is 0.0846. The smallest absolute Gasteiger partial charge is 0.276 e. The van der Waals surface area contributed by atoms with Crippen molar-refractivity contribution in [2.24, 2.45) is 0 Å². The molecule has 0 unspecified atom stereocenters. The molecule has 0 saturated heterocycles. The third kappa shape index (κ3) is 2.38. The van der Waals surface area contributed by atoms with Gasteiger partial charge in [-0.1, -0.05) is 0 Å². The lowest BCUT2D eigenvalue weighted by Crippen LogP contribution is -2.04. The molecule has 0 N–H and O–H groups in total. The second kappa shape index (κ2) is 4.48. The lowest BCUT2D eigenvalue weighted by molar-refractivity contribution is 0.107. The predicted molar refractivity (Wildman–Crippen MR) is 56.8 cm³/mol. The van der Waals surface area contributed by atoms with Gasteiger partial charge in [0.25, 0.3) is 11.7 Å². The topological polar surface area (TPSA) is 30.0 Å².